The average Bonchev–Trinajstić information content (AvgIpc) is 2.78. The van der Waals surface area contributed by atoms with Crippen LogP contribution in [-0.2, 0) is 6.54 Å². The van der Waals surface area contributed by atoms with Crippen molar-refractivity contribution in [2.24, 2.45) is 0 Å². The van der Waals surface area contributed by atoms with Gasteiger partial charge in [-0.3, -0.25) is 4.79 Å². The molecule has 20 heavy (non-hydrogen) atoms. The monoisotopic (exact) mass is 296 g/mol. The number of aryl methyl sites for hydroxylation is 1. The van der Waals surface area contributed by atoms with Crippen molar-refractivity contribution in [1.82, 2.24) is 4.90 Å². The van der Waals surface area contributed by atoms with E-state index >= 15 is 0 Å². The van der Waals surface area contributed by atoms with Crippen molar-refractivity contribution in [3.8, 4) is 0 Å². The highest BCUT2D eigenvalue weighted by molar-refractivity contribution is 6.31. The maximum atomic E-state index is 13.5. The lowest BCUT2D eigenvalue weighted by Gasteiger charge is -2.18. The second-order valence-corrected chi connectivity index (χ2v) is 4.95. The summed E-state index contributed by atoms with van der Waals surface area (Å²) in [6.45, 7) is 2.15. The lowest BCUT2D eigenvalue weighted by Crippen LogP contribution is -2.27. The van der Waals surface area contributed by atoms with E-state index in [1.165, 1.54) is 11.0 Å². The number of benzene rings is 1. The zero-order valence-electron chi connectivity index (χ0n) is 11.1. The molecule has 1 aromatic heterocycles. The van der Waals surface area contributed by atoms with Crippen LogP contribution in [0.2, 0.25) is 5.02 Å². The molecule has 0 atom stereocenters. The van der Waals surface area contributed by atoms with Gasteiger partial charge in [-0.05, 0) is 25.1 Å². The molecule has 0 aliphatic heterocycles. The lowest BCUT2D eigenvalue weighted by atomic mass is 10.1. The van der Waals surface area contributed by atoms with Crippen LogP contribution in [0.5, 0.6) is 0 Å². The standard InChI is InChI=1S/C14H14ClFN2O2/c1-8-9(3-4-20-8)7-18(2)14(19)11-5-10(15)6-12(16)13(11)17/h3-6H,7,17H2,1-2H3. The van der Waals surface area contributed by atoms with E-state index in [1.54, 1.807) is 26.3 Å². The largest absolute Gasteiger partial charge is 0.469 e. The number of rotatable bonds is 3. The van der Waals surface area contributed by atoms with E-state index in [2.05, 4.69) is 0 Å². The molecule has 0 fully saturated rings. The van der Waals surface area contributed by atoms with Crippen molar-refractivity contribution in [2.45, 2.75) is 13.5 Å². The number of hydrogen-bond donors (Lipinski definition) is 1. The summed E-state index contributed by atoms with van der Waals surface area (Å²) in [6, 6.07) is 4.22. The molecule has 106 valence electrons. The molecule has 0 saturated heterocycles. The number of hydrogen-bond acceptors (Lipinski definition) is 3. The molecule has 1 aromatic carbocycles. The Labute approximate surface area is 120 Å². The van der Waals surface area contributed by atoms with Gasteiger partial charge < -0.3 is 15.1 Å². The van der Waals surface area contributed by atoms with Crippen molar-refractivity contribution in [3.63, 3.8) is 0 Å². The fourth-order valence-corrected chi connectivity index (χ4v) is 2.07. The van der Waals surface area contributed by atoms with Gasteiger partial charge in [-0.15, -0.1) is 0 Å². The molecule has 0 aliphatic rings. The Morgan fingerprint density at radius 3 is 2.80 bits per heavy atom. The fourth-order valence-electron chi connectivity index (χ4n) is 1.87. The fraction of sp³-hybridized carbons (Fsp3) is 0.214. The van der Waals surface area contributed by atoms with E-state index < -0.39 is 11.7 Å². The predicted molar refractivity (Wildman–Crippen MR) is 75.1 cm³/mol. The molecule has 0 bridgehead atoms. The van der Waals surface area contributed by atoms with E-state index in [4.69, 9.17) is 21.8 Å². The maximum absolute atomic E-state index is 13.5. The number of furan rings is 1. The minimum absolute atomic E-state index is 0.0543. The molecule has 0 saturated carbocycles. The third kappa shape index (κ3) is 2.77. The molecule has 1 amide bonds. The summed E-state index contributed by atoms with van der Waals surface area (Å²) < 4.78 is 18.7. The summed E-state index contributed by atoms with van der Waals surface area (Å²) in [5, 5.41) is 0.132. The number of anilines is 1. The van der Waals surface area contributed by atoms with E-state index in [9.17, 15) is 9.18 Å². The third-order valence-corrected chi connectivity index (χ3v) is 3.26. The first kappa shape index (κ1) is 14.4. The van der Waals surface area contributed by atoms with Gasteiger partial charge in [0.25, 0.3) is 5.91 Å². The van der Waals surface area contributed by atoms with Gasteiger partial charge in [0.15, 0.2) is 0 Å². The molecule has 0 aliphatic carbocycles. The molecule has 2 aromatic rings. The van der Waals surface area contributed by atoms with Crippen LogP contribution in [0.15, 0.2) is 28.9 Å². The molecule has 4 nitrogen and oxygen atoms in total. The van der Waals surface area contributed by atoms with Crippen LogP contribution in [0.4, 0.5) is 10.1 Å². The highest BCUT2D eigenvalue weighted by Crippen LogP contribution is 2.24. The third-order valence-electron chi connectivity index (χ3n) is 3.05. The molecule has 2 N–H and O–H groups in total. The molecule has 2 rings (SSSR count). The van der Waals surface area contributed by atoms with Gasteiger partial charge in [-0.2, -0.15) is 0 Å². The number of carbonyl (C=O) groups is 1. The van der Waals surface area contributed by atoms with Crippen molar-refractivity contribution in [1.29, 1.82) is 0 Å². The molecule has 0 radical (unpaired) electrons. The molecule has 0 spiro atoms. The van der Waals surface area contributed by atoms with Gasteiger partial charge in [-0.1, -0.05) is 11.6 Å². The topological polar surface area (TPSA) is 59.5 Å². The summed E-state index contributed by atoms with van der Waals surface area (Å²) in [5.74, 6) is -0.367. The minimum Gasteiger partial charge on any atom is -0.469 e. The second kappa shape index (κ2) is 5.54. The zero-order valence-corrected chi connectivity index (χ0v) is 11.9. The van der Waals surface area contributed by atoms with Crippen molar-refractivity contribution < 1.29 is 13.6 Å². The molecule has 6 heteroatoms. The first-order valence-corrected chi connectivity index (χ1v) is 6.31. The van der Waals surface area contributed by atoms with Gasteiger partial charge in [0.2, 0.25) is 0 Å². The summed E-state index contributed by atoms with van der Waals surface area (Å²) in [4.78, 5) is 13.7. The average molecular weight is 297 g/mol. The number of amides is 1. The Balaban J connectivity index is 2.25. The molecular formula is C14H14ClFN2O2. The Morgan fingerprint density at radius 1 is 1.50 bits per heavy atom. The molecule has 0 unspecified atom stereocenters. The van der Waals surface area contributed by atoms with Crippen LogP contribution in [0.3, 0.4) is 0 Å². The van der Waals surface area contributed by atoms with E-state index in [-0.39, 0.29) is 16.3 Å². The number of carbonyl (C=O) groups excluding carboxylic acids is 1. The van der Waals surface area contributed by atoms with E-state index in [0.717, 1.165) is 17.4 Å². The highest BCUT2D eigenvalue weighted by atomic mass is 35.5. The number of nitrogens with two attached hydrogens (primary N) is 1. The predicted octanol–water partition coefficient (Wildman–Crippen LogP) is 3.23. The smallest absolute Gasteiger partial charge is 0.256 e. The Kier molecular flexibility index (Phi) is 3.99. The Morgan fingerprint density at radius 2 is 2.20 bits per heavy atom. The molecular weight excluding hydrogens is 283 g/mol. The Hall–Kier alpha value is -2.01. The maximum Gasteiger partial charge on any atom is 0.256 e. The van der Waals surface area contributed by atoms with Crippen LogP contribution >= 0.6 is 11.6 Å². The van der Waals surface area contributed by atoms with Crippen molar-refractivity contribution in [3.05, 3.63) is 52.2 Å². The van der Waals surface area contributed by atoms with Crippen LogP contribution in [0.1, 0.15) is 21.7 Å². The molecule has 1 heterocycles. The first-order chi connectivity index (χ1) is 9.40. The summed E-state index contributed by atoms with van der Waals surface area (Å²) in [6.07, 6.45) is 1.55. The van der Waals surface area contributed by atoms with Gasteiger partial charge in [-0.25, -0.2) is 4.39 Å². The zero-order chi connectivity index (χ0) is 14.9. The Bertz CT molecular complexity index is 655. The first-order valence-electron chi connectivity index (χ1n) is 5.93. The second-order valence-electron chi connectivity index (χ2n) is 4.51. The van der Waals surface area contributed by atoms with Crippen molar-refractivity contribution >= 4 is 23.2 Å². The summed E-state index contributed by atoms with van der Waals surface area (Å²) >= 11 is 5.76. The lowest BCUT2D eigenvalue weighted by molar-refractivity contribution is 0.0785. The van der Waals surface area contributed by atoms with Crippen LogP contribution < -0.4 is 5.73 Å². The minimum atomic E-state index is -0.700. The van der Waals surface area contributed by atoms with Gasteiger partial charge in [0.05, 0.1) is 17.5 Å². The highest BCUT2D eigenvalue weighted by Gasteiger charge is 2.19. The summed E-state index contributed by atoms with van der Waals surface area (Å²) in [5.41, 5.74) is 6.33. The van der Waals surface area contributed by atoms with Crippen LogP contribution in [0.25, 0.3) is 0 Å². The number of nitrogens with zero attached hydrogens (tertiary/aromatic N) is 1. The van der Waals surface area contributed by atoms with E-state index in [0.29, 0.717) is 6.54 Å². The number of halogens is 2. The number of nitrogen functional groups attached to an aromatic ring is 1. The normalized spacial score (nSPS) is 10.6. The SMILES string of the molecule is Cc1occc1CN(C)C(=O)c1cc(Cl)cc(F)c1N. The van der Waals surface area contributed by atoms with Crippen LogP contribution in [0, 0.1) is 12.7 Å². The van der Waals surface area contributed by atoms with Crippen LogP contribution in [-0.4, -0.2) is 17.9 Å². The van der Waals surface area contributed by atoms with Gasteiger partial charge in [0.1, 0.15) is 11.6 Å². The van der Waals surface area contributed by atoms with Crippen molar-refractivity contribution in [2.75, 3.05) is 12.8 Å². The summed E-state index contributed by atoms with van der Waals surface area (Å²) in [7, 11) is 1.60. The van der Waals surface area contributed by atoms with E-state index in [1.807, 2.05) is 0 Å². The quantitative estimate of drug-likeness (QED) is 0.885. The van der Waals surface area contributed by atoms with Gasteiger partial charge >= 0.3 is 0 Å². The van der Waals surface area contributed by atoms with Gasteiger partial charge in [0, 0.05) is 24.2 Å².